The molecule has 1 atom stereocenters. The first-order valence-corrected chi connectivity index (χ1v) is 8.11. The molecule has 1 saturated carbocycles. The smallest absolute Gasteiger partial charge is 0.352 e. The van der Waals surface area contributed by atoms with Crippen molar-refractivity contribution in [2.45, 2.75) is 44.2 Å². The topological polar surface area (TPSA) is 72.2 Å². The van der Waals surface area contributed by atoms with Crippen LogP contribution in [0, 0.1) is 11.7 Å². The largest absolute Gasteiger partial charge is 0.419 e. The summed E-state index contributed by atoms with van der Waals surface area (Å²) in [6, 6.07) is 1.74. The van der Waals surface area contributed by atoms with Crippen LogP contribution < -0.4 is 11.1 Å². The van der Waals surface area contributed by atoms with Crippen LogP contribution in [0.2, 0.25) is 0 Å². The molecule has 1 aliphatic rings. The third-order valence-corrected chi connectivity index (χ3v) is 4.57. The third kappa shape index (κ3) is 5.17. The van der Waals surface area contributed by atoms with E-state index in [4.69, 9.17) is 5.73 Å². The molecule has 0 aliphatic heterocycles. The van der Waals surface area contributed by atoms with Crippen molar-refractivity contribution < 1.29 is 27.2 Å². The fourth-order valence-electron chi connectivity index (χ4n) is 3.31. The minimum Gasteiger partial charge on any atom is -0.352 e. The molecule has 4 nitrogen and oxygen atoms in total. The van der Waals surface area contributed by atoms with Gasteiger partial charge >= 0.3 is 12.2 Å². The van der Waals surface area contributed by atoms with Crippen LogP contribution in [0.25, 0.3) is 0 Å². The van der Waals surface area contributed by atoms with Crippen LogP contribution in [-0.2, 0) is 11.0 Å². The third-order valence-electron chi connectivity index (χ3n) is 4.57. The SMILES string of the molecule is NC(=O)NCC(=O)C(CC1CCCC1)c1ccc(F)c(C(F)(F)F)c1. The summed E-state index contributed by atoms with van der Waals surface area (Å²) < 4.78 is 52.4. The van der Waals surface area contributed by atoms with Crippen LogP contribution in [0.1, 0.15) is 49.1 Å². The zero-order chi connectivity index (χ0) is 18.6. The molecule has 1 aromatic rings. The second-order valence-corrected chi connectivity index (χ2v) is 6.36. The van der Waals surface area contributed by atoms with Gasteiger partial charge in [0.25, 0.3) is 0 Å². The molecule has 2 rings (SSSR count). The Morgan fingerprint density at radius 3 is 2.44 bits per heavy atom. The number of primary amides is 1. The number of ketones is 1. The van der Waals surface area contributed by atoms with Gasteiger partial charge in [-0.15, -0.1) is 0 Å². The number of Topliss-reactive ketones (excluding diaryl/α,β-unsaturated/α-hetero) is 1. The maximum Gasteiger partial charge on any atom is 0.419 e. The van der Waals surface area contributed by atoms with Gasteiger partial charge < -0.3 is 11.1 Å². The summed E-state index contributed by atoms with van der Waals surface area (Å²) in [5, 5.41) is 2.17. The van der Waals surface area contributed by atoms with Gasteiger partial charge in [0.1, 0.15) is 5.82 Å². The van der Waals surface area contributed by atoms with Gasteiger partial charge in [-0.25, -0.2) is 9.18 Å². The van der Waals surface area contributed by atoms with Crippen LogP contribution in [0.3, 0.4) is 0 Å². The van der Waals surface area contributed by atoms with E-state index in [0.717, 1.165) is 31.7 Å². The fraction of sp³-hybridized carbons (Fsp3) is 0.529. The number of hydrogen-bond donors (Lipinski definition) is 2. The highest BCUT2D eigenvalue weighted by Crippen LogP contribution is 2.37. The first kappa shape index (κ1) is 19.2. The van der Waals surface area contributed by atoms with Crippen molar-refractivity contribution in [3.05, 3.63) is 35.1 Å². The molecule has 0 spiro atoms. The van der Waals surface area contributed by atoms with Crippen LogP contribution in [0.15, 0.2) is 18.2 Å². The minimum absolute atomic E-state index is 0.108. The van der Waals surface area contributed by atoms with Crippen molar-refractivity contribution in [2.75, 3.05) is 6.54 Å². The molecule has 1 fully saturated rings. The lowest BCUT2D eigenvalue weighted by molar-refractivity contribution is -0.140. The summed E-state index contributed by atoms with van der Waals surface area (Å²) in [6.45, 7) is -0.370. The van der Waals surface area contributed by atoms with Crippen LogP contribution in [0.5, 0.6) is 0 Å². The summed E-state index contributed by atoms with van der Waals surface area (Å²) in [5.74, 6) is -2.43. The maximum absolute atomic E-state index is 13.5. The summed E-state index contributed by atoms with van der Waals surface area (Å²) in [5.41, 5.74) is 3.66. The van der Waals surface area contributed by atoms with Crippen molar-refractivity contribution in [1.82, 2.24) is 5.32 Å². The van der Waals surface area contributed by atoms with E-state index in [9.17, 15) is 27.2 Å². The molecule has 138 valence electrons. The number of alkyl halides is 3. The Hall–Kier alpha value is -2.12. The normalized spacial score (nSPS) is 16.6. The Balaban J connectivity index is 2.30. The molecule has 0 radical (unpaired) electrons. The van der Waals surface area contributed by atoms with Crippen molar-refractivity contribution >= 4 is 11.8 Å². The van der Waals surface area contributed by atoms with Gasteiger partial charge in [-0.3, -0.25) is 4.79 Å². The Labute approximate surface area is 142 Å². The molecule has 0 bridgehead atoms. The number of rotatable bonds is 6. The van der Waals surface area contributed by atoms with Crippen LogP contribution in [-0.4, -0.2) is 18.4 Å². The maximum atomic E-state index is 13.5. The number of urea groups is 1. The Kier molecular flexibility index (Phi) is 6.02. The van der Waals surface area contributed by atoms with E-state index in [2.05, 4.69) is 5.32 Å². The lowest BCUT2D eigenvalue weighted by Gasteiger charge is -2.21. The first-order chi connectivity index (χ1) is 11.7. The zero-order valence-corrected chi connectivity index (χ0v) is 13.5. The molecular weight excluding hydrogens is 340 g/mol. The monoisotopic (exact) mass is 360 g/mol. The average Bonchev–Trinajstić information content (AvgIpc) is 3.03. The lowest BCUT2D eigenvalue weighted by atomic mass is 9.84. The van der Waals surface area contributed by atoms with Gasteiger partial charge in [-0.2, -0.15) is 13.2 Å². The van der Waals surface area contributed by atoms with Crippen molar-refractivity contribution in [3.63, 3.8) is 0 Å². The Morgan fingerprint density at radius 2 is 1.88 bits per heavy atom. The highest BCUT2D eigenvalue weighted by molar-refractivity contribution is 5.90. The lowest BCUT2D eigenvalue weighted by Crippen LogP contribution is -2.36. The van der Waals surface area contributed by atoms with Gasteiger partial charge in [-0.05, 0) is 30.0 Å². The Morgan fingerprint density at radius 1 is 1.24 bits per heavy atom. The molecule has 0 heterocycles. The summed E-state index contributed by atoms with van der Waals surface area (Å²) >= 11 is 0. The molecule has 0 aromatic heterocycles. The van der Waals surface area contributed by atoms with E-state index in [0.29, 0.717) is 12.5 Å². The number of carbonyl (C=O) groups excluding carboxylic acids is 2. The van der Waals surface area contributed by atoms with Gasteiger partial charge in [-0.1, -0.05) is 31.7 Å². The van der Waals surface area contributed by atoms with Gasteiger partial charge in [0, 0.05) is 5.92 Å². The minimum atomic E-state index is -4.84. The number of amides is 2. The number of benzene rings is 1. The van der Waals surface area contributed by atoms with Crippen LogP contribution >= 0.6 is 0 Å². The molecule has 3 N–H and O–H groups in total. The van der Waals surface area contributed by atoms with E-state index in [1.54, 1.807) is 0 Å². The summed E-state index contributed by atoms with van der Waals surface area (Å²) in [4.78, 5) is 23.2. The van der Waals surface area contributed by atoms with Gasteiger partial charge in [0.15, 0.2) is 5.78 Å². The molecule has 0 saturated heterocycles. The fourth-order valence-corrected chi connectivity index (χ4v) is 3.31. The average molecular weight is 360 g/mol. The molecule has 25 heavy (non-hydrogen) atoms. The molecule has 1 aromatic carbocycles. The van der Waals surface area contributed by atoms with E-state index in [1.807, 2.05) is 0 Å². The zero-order valence-electron chi connectivity index (χ0n) is 13.5. The van der Waals surface area contributed by atoms with E-state index in [-0.39, 0.29) is 18.0 Å². The second-order valence-electron chi connectivity index (χ2n) is 6.36. The highest BCUT2D eigenvalue weighted by Gasteiger charge is 2.36. The molecule has 1 aliphatic carbocycles. The highest BCUT2D eigenvalue weighted by atomic mass is 19.4. The molecular formula is C17H20F4N2O2. The number of carbonyl (C=O) groups is 2. The molecule has 8 heteroatoms. The van der Waals surface area contributed by atoms with E-state index < -0.39 is 35.3 Å². The number of nitrogens with one attached hydrogen (secondary N) is 1. The quantitative estimate of drug-likeness (QED) is 0.759. The number of halogens is 4. The van der Waals surface area contributed by atoms with Gasteiger partial charge in [0.2, 0.25) is 0 Å². The van der Waals surface area contributed by atoms with E-state index in [1.165, 1.54) is 6.07 Å². The molecule has 1 unspecified atom stereocenters. The number of nitrogens with two attached hydrogens (primary N) is 1. The summed E-state index contributed by atoms with van der Waals surface area (Å²) in [7, 11) is 0. The predicted octanol–water partition coefficient (Wildman–Crippen LogP) is 3.75. The van der Waals surface area contributed by atoms with Crippen molar-refractivity contribution in [2.24, 2.45) is 11.7 Å². The molecule has 2 amide bonds. The van der Waals surface area contributed by atoms with E-state index >= 15 is 0 Å². The second kappa shape index (κ2) is 7.84. The standard InChI is InChI=1S/C17H20F4N2O2/c18-14-6-5-11(8-13(14)17(19,20)21)12(7-10-3-1-2-4-10)15(24)9-23-16(22)25/h5-6,8,10,12H,1-4,7,9H2,(H3,22,23,25). The van der Waals surface area contributed by atoms with Crippen LogP contribution in [0.4, 0.5) is 22.4 Å². The number of hydrogen-bond acceptors (Lipinski definition) is 2. The van der Waals surface area contributed by atoms with Crippen molar-refractivity contribution in [1.29, 1.82) is 0 Å². The van der Waals surface area contributed by atoms with Gasteiger partial charge in [0.05, 0.1) is 12.1 Å². The Bertz CT molecular complexity index is 640. The predicted molar refractivity (Wildman–Crippen MR) is 83.3 cm³/mol. The summed E-state index contributed by atoms with van der Waals surface area (Å²) in [6.07, 6.45) is -0.625. The van der Waals surface area contributed by atoms with Crippen molar-refractivity contribution in [3.8, 4) is 0 Å². The first-order valence-electron chi connectivity index (χ1n) is 8.11.